The van der Waals surface area contributed by atoms with Crippen LogP contribution >= 0.6 is 0 Å². The third kappa shape index (κ3) is 7.60. The molecule has 2 fully saturated rings. The maximum atomic E-state index is 12.1. The highest BCUT2D eigenvalue weighted by atomic mass is 16.5. The van der Waals surface area contributed by atoms with E-state index in [2.05, 4.69) is 31.6 Å². The summed E-state index contributed by atoms with van der Waals surface area (Å²) in [4.78, 5) is 33.8. The Labute approximate surface area is 214 Å². The van der Waals surface area contributed by atoms with Gasteiger partial charge in [-0.2, -0.15) is 10.4 Å². The Hall–Kier alpha value is -4.27. The minimum atomic E-state index is -0.423. The van der Waals surface area contributed by atoms with Crippen LogP contribution in [0.2, 0.25) is 0 Å². The molecule has 0 unspecified atom stereocenters. The number of carbonyl (C=O) groups excluding carboxylic acids is 3. The molecule has 2 aliphatic rings. The lowest BCUT2D eigenvalue weighted by molar-refractivity contribution is -0.118. The van der Waals surface area contributed by atoms with Crippen LogP contribution in [0.3, 0.4) is 0 Å². The number of nitriles is 1. The van der Waals surface area contributed by atoms with Crippen molar-refractivity contribution in [2.45, 2.75) is 50.5 Å². The number of methoxy groups -OCH3 is 2. The van der Waals surface area contributed by atoms with Crippen LogP contribution in [0.15, 0.2) is 18.2 Å². The van der Waals surface area contributed by atoms with Crippen molar-refractivity contribution < 1.29 is 33.7 Å². The molecule has 0 saturated heterocycles. The molecule has 1 heterocycles. The molecule has 37 heavy (non-hydrogen) atoms. The van der Waals surface area contributed by atoms with Gasteiger partial charge in [-0.3, -0.25) is 14.7 Å². The molecular formula is C25H31N5O7. The molecule has 2 aliphatic carbocycles. The Morgan fingerprint density at radius 2 is 1.97 bits per heavy atom. The Morgan fingerprint density at radius 1 is 1.24 bits per heavy atom. The number of hydrogen-bond donors (Lipinski definition) is 4. The van der Waals surface area contributed by atoms with Crippen LogP contribution in [0.1, 0.15) is 60.5 Å². The largest absolute Gasteiger partial charge is 0.507 e. The number of aromatic nitrogens is 2. The number of carbonyl (C=O) groups is 3. The summed E-state index contributed by atoms with van der Waals surface area (Å²) in [7, 11) is 2.75. The average molecular weight is 514 g/mol. The van der Waals surface area contributed by atoms with Crippen molar-refractivity contribution in [3.63, 3.8) is 0 Å². The van der Waals surface area contributed by atoms with E-state index in [0.29, 0.717) is 23.8 Å². The van der Waals surface area contributed by atoms with Gasteiger partial charge in [-0.25, -0.2) is 4.79 Å². The fourth-order valence-electron chi connectivity index (χ4n) is 4.18. The van der Waals surface area contributed by atoms with E-state index in [1.54, 1.807) is 0 Å². The molecule has 4 N–H and O–H groups in total. The van der Waals surface area contributed by atoms with Crippen LogP contribution in [0.25, 0.3) is 0 Å². The van der Waals surface area contributed by atoms with Gasteiger partial charge in [0.2, 0.25) is 0 Å². The maximum Gasteiger partial charge on any atom is 0.407 e. The molecule has 12 heteroatoms. The Kier molecular flexibility index (Phi) is 9.71. The number of amides is 2. The van der Waals surface area contributed by atoms with Crippen LogP contribution in [0.5, 0.6) is 17.2 Å². The first-order valence-corrected chi connectivity index (χ1v) is 11.9. The van der Waals surface area contributed by atoms with Gasteiger partial charge in [0, 0.05) is 35.9 Å². The molecule has 0 bridgehead atoms. The lowest BCUT2D eigenvalue weighted by Crippen LogP contribution is -2.43. The number of anilines is 1. The number of phenols is 1. The molecule has 0 radical (unpaired) electrons. The van der Waals surface area contributed by atoms with Crippen molar-refractivity contribution >= 4 is 24.1 Å². The minimum Gasteiger partial charge on any atom is -0.507 e. The minimum absolute atomic E-state index is 0.0399. The summed E-state index contributed by atoms with van der Waals surface area (Å²) in [5, 5.41) is 30.5. The zero-order chi connectivity index (χ0) is 26.8. The number of ether oxygens (including phenoxy) is 3. The number of phenolic OH excluding ortho intramolecular Hbond substituents is 1. The van der Waals surface area contributed by atoms with Gasteiger partial charge in [0.25, 0.3) is 5.91 Å². The molecule has 2 saturated carbocycles. The molecule has 0 atom stereocenters. The van der Waals surface area contributed by atoms with Crippen molar-refractivity contribution in [3.8, 4) is 23.3 Å². The third-order valence-electron chi connectivity index (χ3n) is 6.29. The highest BCUT2D eigenvalue weighted by Crippen LogP contribution is 2.34. The summed E-state index contributed by atoms with van der Waals surface area (Å²) in [5.74, 6) is 0.718. The lowest BCUT2D eigenvalue weighted by atomic mass is 9.81. The zero-order valence-electron chi connectivity index (χ0n) is 20.8. The number of nitrogens with one attached hydrogen (secondary N) is 3. The van der Waals surface area contributed by atoms with E-state index in [9.17, 15) is 19.5 Å². The molecule has 12 nitrogen and oxygen atoms in total. The first kappa shape index (κ1) is 27.3. The Morgan fingerprint density at radius 3 is 2.59 bits per heavy atom. The number of aldehydes is 1. The number of hydrogen-bond acceptors (Lipinski definition) is 9. The van der Waals surface area contributed by atoms with E-state index < -0.39 is 12.0 Å². The fourth-order valence-corrected chi connectivity index (χ4v) is 4.18. The average Bonchev–Trinajstić information content (AvgIpc) is 3.57. The molecule has 2 aromatic rings. The molecule has 1 aromatic carbocycles. The van der Waals surface area contributed by atoms with Gasteiger partial charge >= 0.3 is 6.09 Å². The summed E-state index contributed by atoms with van der Waals surface area (Å²) in [6.07, 6.45) is 6.25. The first-order valence-electron chi connectivity index (χ1n) is 11.9. The Bertz CT molecular complexity index is 1130. The number of nitrogens with zero attached hydrogens (tertiary/aromatic N) is 2. The SMILES string of the molecule is COC(=O)NC1CC(C#N)C1.COc1cc(O)c(C=O)c(OCC(=O)Nc2cc(C3CCCC3)[nH]n2)c1. The van der Waals surface area contributed by atoms with E-state index in [4.69, 9.17) is 14.7 Å². The second-order valence-electron chi connectivity index (χ2n) is 8.83. The molecule has 198 valence electrons. The van der Waals surface area contributed by atoms with Gasteiger partial charge in [0.15, 0.2) is 18.7 Å². The molecule has 0 spiro atoms. The summed E-state index contributed by atoms with van der Waals surface area (Å²) in [6, 6.07) is 6.84. The van der Waals surface area contributed by atoms with Gasteiger partial charge in [0.05, 0.1) is 31.8 Å². The number of H-pyrrole nitrogens is 1. The van der Waals surface area contributed by atoms with Crippen LogP contribution in [0, 0.1) is 17.2 Å². The highest BCUT2D eigenvalue weighted by Gasteiger charge is 2.30. The zero-order valence-corrected chi connectivity index (χ0v) is 20.8. The second kappa shape index (κ2) is 13.2. The number of rotatable bonds is 8. The molecular weight excluding hydrogens is 482 g/mol. The molecule has 1 aromatic heterocycles. The van der Waals surface area contributed by atoms with Gasteiger partial charge in [-0.1, -0.05) is 12.8 Å². The van der Waals surface area contributed by atoms with Crippen molar-refractivity contribution in [1.82, 2.24) is 15.5 Å². The van der Waals surface area contributed by atoms with Crippen molar-refractivity contribution in [2.75, 3.05) is 26.1 Å². The molecule has 2 amide bonds. The fraction of sp³-hybridized carbons (Fsp3) is 0.480. The van der Waals surface area contributed by atoms with Gasteiger partial charge in [-0.05, 0) is 25.7 Å². The van der Waals surface area contributed by atoms with Crippen molar-refractivity contribution in [3.05, 3.63) is 29.5 Å². The maximum absolute atomic E-state index is 12.1. The quantitative estimate of drug-likeness (QED) is 0.386. The van der Waals surface area contributed by atoms with Gasteiger partial charge in [0.1, 0.15) is 17.2 Å². The summed E-state index contributed by atoms with van der Waals surface area (Å²) in [6.45, 7) is -0.334. The van der Waals surface area contributed by atoms with Crippen LogP contribution in [0.4, 0.5) is 10.6 Å². The van der Waals surface area contributed by atoms with E-state index >= 15 is 0 Å². The Balaban J connectivity index is 0.000000289. The first-order chi connectivity index (χ1) is 17.9. The van der Waals surface area contributed by atoms with Crippen LogP contribution < -0.4 is 20.1 Å². The number of alkyl carbamates (subject to hydrolysis) is 1. The van der Waals surface area contributed by atoms with Crippen molar-refractivity contribution in [1.29, 1.82) is 5.26 Å². The summed E-state index contributed by atoms with van der Waals surface area (Å²) in [5.41, 5.74) is 0.988. The van der Waals surface area contributed by atoms with E-state index in [0.717, 1.165) is 31.4 Å². The lowest BCUT2D eigenvalue weighted by Gasteiger charge is -2.30. The standard InChI is InChI=1S/C18H21N3O5.C7H10N2O2/c1-25-12-6-15(23)13(9-22)16(7-12)26-10-18(24)19-17-8-14(20-21-17)11-4-2-3-5-11;1-11-7(10)9-6-2-5(3-6)4-8/h6-9,11,23H,2-5,10H2,1H3,(H2,19,20,21,24);5-6H,2-3H2,1H3,(H,9,10). The van der Waals surface area contributed by atoms with Crippen molar-refractivity contribution in [2.24, 2.45) is 5.92 Å². The topological polar surface area (TPSA) is 176 Å². The number of benzene rings is 1. The summed E-state index contributed by atoms with van der Waals surface area (Å²) < 4.78 is 14.8. The normalized spacial score (nSPS) is 18.3. The van der Waals surface area contributed by atoms with E-state index in [1.807, 2.05) is 6.07 Å². The second-order valence-corrected chi connectivity index (χ2v) is 8.83. The molecule has 0 aliphatic heterocycles. The van der Waals surface area contributed by atoms with Crippen LogP contribution in [-0.4, -0.2) is 60.5 Å². The molecule has 4 rings (SSSR count). The highest BCUT2D eigenvalue weighted by molar-refractivity contribution is 5.91. The number of aromatic amines is 1. The monoisotopic (exact) mass is 513 g/mol. The summed E-state index contributed by atoms with van der Waals surface area (Å²) >= 11 is 0. The predicted octanol–water partition coefficient (Wildman–Crippen LogP) is 3.26. The predicted molar refractivity (Wildman–Crippen MR) is 132 cm³/mol. The van der Waals surface area contributed by atoms with Crippen LogP contribution in [-0.2, 0) is 9.53 Å². The smallest absolute Gasteiger partial charge is 0.407 e. The third-order valence-corrected chi connectivity index (χ3v) is 6.29. The van der Waals surface area contributed by atoms with E-state index in [-0.39, 0.29) is 35.6 Å². The van der Waals surface area contributed by atoms with Gasteiger partial charge < -0.3 is 30.0 Å². The number of aromatic hydroxyl groups is 1. The van der Waals surface area contributed by atoms with E-state index in [1.165, 1.54) is 39.2 Å². The van der Waals surface area contributed by atoms with Gasteiger partial charge in [-0.15, -0.1) is 0 Å².